The van der Waals surface area contributed by atoms with Crippen molar-refractivity contribution in [1.29, 1.82) is 0 Å². The van der Waals surface area contributed by atoms with Gasteiger partial charge < -0.3 is 15.0 Å². The van der Waals surface area contributed by atoms with Gasteiger partial charge in [-0.15, -0.1) is 0 Å². The van der Waals surface area contributed by atoms with Crippen LogP contribution in [0.4, 0.5) is 0 Å². The third-order valence-electron chi connectivity index (χ3n) is 3.61. The van der Waals surface area contributed by atoms with Gasteiger partial charge >= 0.3 is 0 Å². The van der Waals surface area contributed by atoms with Gasteiger partial charge in [-0.3, -0.25) is 0 Å². The summed E-state index contributed by atoms with van der Waals surface area (Å²) >= 11 is 0. The summed E-state index contributed by atoms with van der Waals surface area (Å²) in [5, 5.41) is 12.5. The largest absolute Gasteiger partial charge is 0.394 e. The predicted octanol–water partition coefficient (Wildman–Crippen LogP) is 1.98. The lowest BCUT2D eigenvalue weighted by Crippen LogP contribution is -2.43. The molecule has 0 aliphatic carbocycles. The lowest BCUT2D eigenvalue weighted by Gasteiger charge is -2.26. The zero-order valence-corrected chi connectivity index (χ0v) is 11.9. The Bertz CT molecular complexity index is 332. The van der Waals surface area contributed by atoms with E-state index in [4.69, 9.17) is 0 Å². The maximum atomic E-state index is 9.30. The Kier molecular flexibility index (Phi) is 6.36. The standard InChI is InChI=1S/C14H27N3O/c1-4-7-13-16-9-11-17(13)10-6-5-8-14(2,12-18)15-3/h9,11,15,18H,4-8,10,12H2,1-3H3. The predicted molar refractivity (Wildman–Crippen MR) is 74.6 cm³/mol. The molecule has 0 radical (unpaired) electrons. The number of aromatic nitrogens is 2. The van der Waals surface area contributed by atoms with Crippen LogP contribution in [0.5, 0.6) is 0 Å². The van der Waals surface area contributed by atoms with E-state index in [1.54, 1.807) is 0 Å². The van der Waals surface area contributed by atoms with Crippen molar-refractivity contribution in [1.82, 2.24) is 14.9 Å². The summed E-state index contributed by atoms with van der Waals surface area (Å²) in [5.74, 6) is 1.19. The van der Waals surface area contributed by atoms with Crippen LogP contribution in [0.15, 0.2) is 12.4 Å². The molecule has 1 heterocycles. The molecular formula is C14H27N3O. The fourth-order valence-corrected chi connectivity index (χ4v) is 2.08. The number of unbranched alkanes of at least 4 members (excludes halogenated alkanes) is 1. The molecule has 18 heavy (non-hydrogen) atoms. The van der Waals surface area contributed by atoms with Gasteiger partial charge in [0.05, 0.1) is 6.61 Å². The summed E-state index contributed by atoms with van der Waals surface area (Å²) in [7, 11) is 1.91. The van der Waals surface area contributed by atoms with E-state index < -0.39 is 0 Å². The van der Waals surface area contributed by atoms with Crippen LogP contribution in [0, 0.1) is 0 Å². The van der Waals surface area contributed by atoms with Crippen molar-refractivity contribution in [2.24, 2.45) is 0 Å². The molecule has 1 aromatic rings. The van der Waals surface area contributed by atoms with Crippen molar-refractivity contribution in [3.8, 4) is 0 Å². The first-order valence-electron chi connectivity index (χ1n) is 6.95. The molecule has 4 heteroatoms. The van der Waals surface area contributed by atoms with Gasteiger partial charge in [0.1, 0.15) is 5.82 Å². The molecule has 0 spiro atoms. The molecule has 104 valence electrons. The van der Waals surface area contributed by atoms with E-state index in [-0.39, 0.29) is 12.1 Å². The molecule has 0 amide bonds. The second-order valence-electron chi connectivity index (χ2n) is 5.21. The Morgan fingerprint density at radius 2 is 2.22 bits per heavy atom. The fraction of sp³-hybridized carbons (Fsp3) is 0.786. The van der Waals surface area contributed by atoms with Crippen LogP contribution in [0.3, 0.4) is 0 Å². The zero-order chi connectivity index (χ0) is 13.4. The van der Waals surface area contributed by atoms with Crippen LogP contribution in [-0.2, 0) is 13.0 Å². The van der Waals surface area contributed by atoms with Crippen LogP contribution in [0.2, 0.25) is 0 Å². The van der Waals surface area contributed by atoms with Gasteiger partial charge in [0.2, 0.25) is 0 Å². The quantitative estimate of drug-likeness (QED) is 0.662. The SMILES string of the molecule is CCCc1nccn1CCCCC(C)(CO)NC. The lowest BCUT2D eigenvalue weighted by molar-refractivity contribution is 0.170. The monoisotopic (exact) mass is 253 g/mol. The molecule has 0 aromatic carbocycles. The summed E-state index contributed by atoms with van der Waals surface area (Å²) in [6.07, 6.45) is 9.38. The second kappa shape index (κ2) is 7.54. The average molecular weight is 253 g/mol. The van der Waals surface area contributed by atoms with E-state index in [1.165, 1.54) is 5.82 Å². The number of aryl methyl sites for hydroxylation is 2. The van der Waals surface area contributed by atoms with Gasteiger partial charge in [0.15, 0.2) is 0 Å². The minimum atomic E-state index is -0.138. The van der Waals surface area contributed by atoms with Gasteiger partial charge in [-0.05, 0) is 39.7 Å². The number of hydrogen-bond acceptors (Lipinski definition) is 3. The summed E-state index contributed by atoms with van der Waals surface area (Å²) < 4.78 is 2.25. The van der Waals surface area contributed by atoms with Crippen molar-refractivity contribution in [3.63, 3.8) is 0 Å². The van der Waals surface area contributed by atoms with Gasteiger partial charge in [0.25, 0.3) is 0 Å². The maximum Gasteiger partial charge on any atom is 0.108 e. The number of nitrogens with zero attached hydrogens (tertiary/aromatic N) is 2. The van der Waals surface area contributed by atoms with Gasteiger partial charge in [-0.2, -0.15) is 0 Å². The molecule has 0 aliphatic rings. The second-order valence-corrected chi connectivity index (χ2v) is 5.21. The van der Waals surface area contributed by atoms with E-state index in [9.17, 15) is 5.11 Å². The molecule has 0 saturated carbocycles. The molecule has 0 aliphatic heterocycles. The molecular weight excluding hydrogens is 226 g/mol. The van der Waals surface area contributed by atoms with Crippen LogP contribution in [-0.4, -0.2) is 33.9 Å². The molecule has 0 saturated heterocycles. The van der Waals surface area contributed by atoms with Crippen molar-refractivity contribution in [2.75, 3.05) is 13.7 Å². The first-order chi connectivity index (χ1) is 8.65. The van der Waals surface area contributed by atoms with Crippen molar-refractivity contribution in [2.45, 2.75) is 58.0 Å². The fourth-order valence-electron chi connectivity index (χ4n) is 2.08. The normalized spacial score (nSPS) is 14.7. The number of hydrogen-bond donors (Lipinski definition) is 2. The number of likely N-dealkylation sites (N-methyl/N-ethyl adjacent to an activating group) is 1. The highest BCUT2D eigenvalue weighted by Gasteiger charge is 2.19. The summed E-state index contributed by atoms with van der Waals surface area (Å²) in [6.45, 7) is 5.46. The number of rotatable bonds is 9. The first kappa shape index (κ1) is 15.2. The zero-order valence-electron chi connectivity index (χ0n) is 11.9. The van der Waals surface area contributed by atoms with E-state index in [0.717, 1.165) is 38.6 Å². The third kappa shape index (κ3) is 4.42. The molecule has 1 atom stereocenters. The molecule has 2 N–H and O–H groups in total. The molecule has 1 rings (SSSR count). The summed E-state index contributed by atoms with van der Waals surface area (Å²) in [5.41, 5.74) is -0.138. The van der Waals surface area contributed by atoms with Gasteiger partial charge in [0, 0.05) is 30.9 Å². The maximum absolute atomic E-state index is 9.30. The van der Waals surface area contributed by atoms with Crippen molar-refractivity contribution in [3.05, 3.63) is 18.2 Å². The Labute approximate surface area is 110 Å². The number of imidazole rings is 1. The molecule has 1 unspecified atom stereocenters. The van der Waals surface area contributed by atoms with Gasteiger partial charge in [-0.25, -0.2) is 4.98 Å². The van der Waals surface area contributed by atoms with Crippen LogP contribution in [0.1, 0.15) is 45.4 Å². The number of aliphatic hydroxyl groups excluding tert-OH is 1. The molecule has 0 fully saturated rings. The third-order valence-corrected chi connectivity index (χ3v) is 3.61. The minimum Gasteiger partial charge on any atom is -0.394 e. The first-order valence-corrected chi connectivity index (χ1v) is 6.95. The lowest BCUT2D eigenvalue weighted by atomic mass is 9.96. The highest BCUT2D eigenvalue weighted by molar-refractivity contribution is 4.92. The van der Waals surface area contributed by atoms with Crippen LogP contribution < -0.4 is 5.32 Å². The topological polar surface area (TPSA) is 50.1 Å². The van der Waals surface area contributed by atoms with Crippen molar-refractivity contribution < 1.29 is 5.11 Å². The Morgan fingerprint density at radius 1 is 1.44 bits per heavy atom. The molecule has 1 aromatic heterocycles. The smallest absolute Gasteiger partial charge is 0.108 e. The Morgan fingerprint density at radius 3 is 2.83 bits per heavy atom. The average Bonchev–Trinajstić information content (AvgIpc) is 2.82. The van der Waals surface area contributed by atoms with Gasteiger partial charge in [-0.1, -0.05) is 6.92 Å². The molecule has 4 nitrogen and oxygen atoms in total. The van der Waals surface area contributed by atoms with E-state index in [2.05, 4.69) is 34.9 Å². The summed E-state index contributed by atoms with van der Waals surface area (Å²) in [4.78, 5) is 4.38. The summed E-state index contributed by atoms with van der Waals surface area (Å²) in [6, 6.07) is 0. The number of nitrogens with one attached hydrogen (secondary N) is 1. The Hall–Kier alpha value is -0.870. The van der Waals surface area contributed by atoms with Crippen LogP contribution >= 0.6 is 0 Å². The van der Waals surface area contributed by atoms with Crippen molar-refractivity contribution >= 4 is 0 Å². The number of aliphatic hydroxyl groups is 1. The van der Waals surface area contributed by atoms with E-state index >= 15 is 0 Å². The highest BCUT2D eigenvalue weighted by atomic mass is 16.3. The van der Waals surface area contributed by atoms with E-state index in [0.29, 0.717) is 0 Å². The van der Waals surface area contributed by atoms with E-state index in [1.807, 2.05) is 13.2 Å². The highest BCUT2D eigenvalue weighted by Crippen LogP contribution is 2.13. The van der Waals surface area contributed by atoms with Crippen LogP contribution in [0.25, 0.3) is 0 Å². The minimum absolute atomic E-state index is 0.138. The Balaban J connectivity index is 2.31. The molecule has 0 bridgehead atoms.